The molecule has 0 aliphatic rings. The smallest absolute Gasteiger partial charge is 0.170 e. The largest absolute Gasteiger partial charge is 0.296 e. The summed E-state index contributed by atoms with van der Waals surface area (Å²) in [5, 5.41) is 6.62. The number of hydrogen-bond acceptors (Lipinski definition) is 2. The van der Waals surface area contributed by atoms with Crippen LogP contribution in [0.2, 0.25) is 0 Å². The molecule has 3 heteroatoms. The van der Waals surface area contributed by atoms with Crippen LogP contribution in [0.1, 0.15) is 39.8 Å². The van der Waals surface area contributed by atoms with Crippen LogP contribution in [0.15, 0.2) is 6.07 Å². The standard InChI is InChI=1S/C8H12N2O.2H2/c1-8(2,3)7-4-6(5-11)9-10-7;;/h4-5H,1-3H3,(H,9,10);2*1H. The van der Waals surface area contributed by atoms with E-state index >= 15 is 0 Å². The maximum atomic E-state index is 10.3. The van der Waals surface area contributed by atoms with Gasteiger partial charge >= 0.3 is 0 Å². The van der Waals surface area contributed by atoms with Crippen molar-refractivity contribution in [1.82, 2.24) is 10.2 Å². The second kappa shape index (κ2) is 2.49. The van der Waals surface area contributed by atoms with Crippen LogP contribution in [0.25, 0.3) is 0 Å². The predicted molar refractivity (Wildman–Crippen MR) is 46.9 cm³/mol. The molecule has 0 fully saturated rings. The first-order valence-electron chi connectivity index (χ1n) is 3.55. The molecule has 0 saturated heterocycles. The summed E-state index contributed by atoms with van der Waals surface area (Å²) in [5.41, 5.74) is 1.49. The monoisotopic (exact) mass is 156 g/mol. The van der Waals surface area contributed by atoms with Gasteiger partial charge in [-0.15, -0.1) is 0 Å². The van der Waals surface area contributed by atoms with Crippen molar-refractivity contribution in [3.8, 4) is 0 Å². The van der Waals surface area contributed by atoms with Gasteiger partial charge in [0.2, 0.25) is 0 Å². The van der Waals surface area contributed by atoms with Gasteiger partial charge in [0, 0.05) is 14.0 Å². The maximum Gasteiger partial charge on any atom is 0.170 e. The third-order valence-corrected chi connectivity index (χ3v) is 1.53. The highest BCUT2D eigenvalue weighted by atomic mass is 16.1. The summed E-state index contributed by atoms with van der Waals surface area (Å²) >= 11 is 0. The van der Waals surface area contributed by atoms with E-state index in [0.29, 0.717) is 5.69 Å². The van der Waals surface area contributed by atoms with E-state index in [1.54, 1.807) is 6.07 Å². The van der Waals surface area contributed by atoms with E-state index < -0.39 is 0 Å². The minimum Gasteiger partial charge on any atom is -0.296 e. The van der Waals surface area contributed by atoms with Gasteiger partial charge in [-0.2, -0.15) is 5.10 Å². The van der Waals surface area contributed by atoms with Crippen molar-refractivity contribution >= 4 is 6.29 Å². The summed E-state index contributed by atoms with van der Waals surface area (Å²) in [6.45, 7) is 6.19. The topological polar surface area (TPSA) is 45.8 Å². The number of carbonyl (C=O) groups excluding carboxylic acids is 1. The van der Waals surface area contributed by atoms with Crippen LogP contribution in [0.4, 0.5) is 0 Å². The van der Waals surface area contributed by atoms with E-state index in [1.807, 2.05) is 0 Å². The number of nitrogens with zero attached hydrogens (tertiary/aromatic N) is 1. The molecule has 0 atom stereocenters. The third-order valence-electron chi connectivity index (χ3n) is 1.53. The molecule has 0 saturated carbocycles. The number of rotatable bonds is 1. The molecule has 1 heterocycles. The number of aldehydes is 1. The number of hydrogen-bond donors (Lipinski definition) is 1. The molecular weight excluding hydrogens is 140 g/mol. The van der Waals surface area contributed by atoms with Gasteiger partial charge in [-0.25, -0.2) is 0 Å². The second-order valence-electron chi connectivity index (χ2n) is 3.57. The predicted octanol–water partition coefficient (Wildman–Crippen LogP) is 2.01. The Morgan fingerprint density at radius 3 is 2.55 bits per heavy atom. The molecule has 0 bridgehead atoms. The van der Waals surface area contributed by atoms with E-state index in [1.165, 1.54) is 0 Å². The Kier molecular flexibility index (Phi) is 1.81. The quantitative estimate of drug-likeness (QED) is 0.632. The first-order valence-corrected chi connectivity index (χ1v) is 3.55. The molecule has 0 radical (unpaired) electrons. The van der Waals surface area contributed by atoms with Crippen molar-refractivity contribution in [2.75, 3.05) is 0 Å². The second-order valence-corrected chi connectivity index (χ2v) is 3.57. The van der Waals surface area contributed by atoms with E-state index in [9.17, 15) is 4.79 Å². The molecule has 1 aromatic rings. The number of aromatic amines is 1. The van der Waals surface area contributed by atoms with Crippen molar-refractivity contribution in [1.29, 1.82) is 0 Å². The zero-order valence-corrected chi connectivity index (χ0v) is 7.01. The lowest BCUT2D eigenvalue weighted by Gasteiger charge is -2.14. The fourth-order valence-electron chi connectivity index (χ4n) is 0.782. The van der Waals surface area contributed by atoms with E-state index in [-0.39, 0.29) is 8.27 Å². The zero-order chi connectivity index (χ0) is 8.48. The van der Waals surface area contributed by atoms with Crippen LogP contribution in [-0.4, -0.2) is 16.5 Å². The SMILES string of the molecule is CC(C)(C)c1cc(C=O)n[nH]1.[HH].[HH]. The highest BCUT2D eigenvalue weighted by Crippen LogP contribution is 2.19. The van der Waals surface area contributed by atoms with Gasteiger partial charge in [0.05, 0.1) is 0 Å². The Labute approximate surface area is 68.8 Å². The molecule has 11 heavy (non-hydrogen) atoms. The van der Waals surface area contributed by atoms with Gasteiger partial charge in [0.25, 0.3) is 0 Å². The summed E-state index contributed by atoms with van der Waals surface area (Å²) in [6.07, 6.45) is 0.742. The normalized spacial score (nSPS) is 11.5. The van der Waals surface area contributed by atoms with Crippen molar-refractivity contribution in [3.05, 3.63) is 17.5 Å². The Balaban J connectivity index is 0. The molecule has 3 nitrogen and oxygen atoms in total. The van der Waals surface area contributed by atoms with Gasteiger partial charge in [-0.1, -0.05) is 20.8 Å². The molecule has 64 valence electrons. The maximum absolute atomic E-state index is 10.3. The number of aromatic nitrogens is 2. The lowest BCUT2D eigenvalue weighted by molar-refractivity contribution is 0.111. The highest BCUT2D eigenvalue weighted by Gasteiger charge is 2.15. The molecular formula is C8H16N2O. The minimum atomic E-state index is 0. The van der Waals surface area contributed by atoms with E-state index in [0.717, 1.165) is 12.0 Å². The van der Waals surface area contributed by atoms with Crippen LogP contribution >= 0.6 is 0 Å². The highest BCUT2D eigenvalue weighted by molar-refractivity contribution is 5.71. The average molecular weight is 156 g/mol. The Morgan fingerprint density at radius 1 is 1.64 bits per heavy atom. The van der Waals surface area contributed by atoms with Gasteiger partial charge in [0.15, 0.2) is 6.29 Å². The van der Waals surface area contributed by atoms with Crippen LogP contribution in [0, 0.1) is 0 Å². The molecule has 0 aliphatic carbocycles. The first kappa shape index (κ1) is 7.98. The summed E-state index contributed by atoms with van der Waals surface area (Å²) in [5.74, 6) is 0. The molecule has 1 N–H and O–H groups in total. The van der Waals surface area contributed by atoms with Crippen molar-refractivity contribution in [2.45, 2.75) is 26.2 Å². The lowest BCUT2D eigenvalue weighted by Crippen LogP contribution is -2.11. The molecule has 0 aliphatic heterocycles. The molecule has 0 aromatic carbocycles. The number of carbonyl (C=O) groups is 1. The Hall–Kier alpha value is -1.12. The minimum absolute atomic E-state index is 0. The van der Waals surface area contributed by atoms with Crippen LogP contribution < -0.4 is 0 Å². The summed E-state index contributed by atoms with van der Waals surface area (Å²) in [4.78, 5) is 10.3. The van der Waals surface area contributed by atoms with E-state index in [4.69, 9.17) is 0 Å². The summed E-state index contributed by atoms with van der Waals surface area (Å²) in [7, 11) is 0. The summed E-state index contributed by atoms with van der Waals surface area (Å²) < 4.78 is 0. The van der Waals surface area contributed by atoms with E-state index in [2.05, 4.69) is 31.0 Å². The molecule has 1 rings (SSSR count). The zero-order valence-electron chi connectivity index (χ0n) is 7.01. The fourth-order valence-corrected chi connectivity index (χ4v) is 0.782. The van der Waals surface area contributed by atoms with Crippen LogP contribution in [0.3, 0.4) is 0 Å². The van der Waals surface area contributed by atoms with Crippen molar-refractivity contribution in [2.24, 2.45) is 0 Å². The molecule has 0 spiro atoms. The fraction of sp³-hybridized carbons (Fsp3) is 0.500. The lowest BCUT2D eigenvalue weighted by atomic mass is 9.92. The van der Waals surface area contributed by atoms with Crippen molar-refractivity contribution < 1.29 is 7.65 Å². The van der Waals surface area contributed by atoms with Gasteiger partial charge in [0.1, 0.15) is 5.69 Å². The Bertz CT molecular complexity index is 265. The van der Waals surface area contributed by atoms with Gasteiger partial charge in [-0.05, 0) is 6.07 Å². The first-order chi connectivity index (χ1) is 5.04. The molecule has 0 amide bonds. The van der Waals surface area contributed by atoms with Crippen molar-refractivity contribution in [3.63, 3.8) is 0 Å². The average Bonchev–Trinajstić information content (AvgIpc) is 2.32. The summed E-state index contributed by atoms with van der Waals surface area (Å²) in [6, 6.07) is 1.77. The van der Waals surface area contributed by atoms with Crippen LogP contribution in [-0.2, 0) is 5.41 Å². The van der Waals surface area contributed by atoms with Gasteiger partial charge in [-0.3, -0.25) is 9.89 Å². The number of H-pyrrole nitrogens is 1. The Morgan fingerprint density at radius 2 is 2.27 bits per heavy atom. The number of nitrogens with one attached hydrogen (secondary N) is 1. The molecule has 0 unspecified atom stereocenters. The van der Waals surface area contributed by atoms with Gasteiger partial charge < -0.3 is 0 Å². The third kappa shape index (κ3) is 1.67. The van der Waals surface area contributed by atoms with Crippen LogP contribution in [0.5, 0.6) is 0 Å². The molecule has 1 aromatic heterocycles.